The molecule has 10 rings (SSSR count). The summed E-state index contributed by atoms with van der Waals surface area (Å²) in [6.45, 7) is 0. The van der Waals surface area contributed by atoms with Gasteiger partial charge in [0.05, 0.1) is 11.0 Å². The third-order valence-corrected chi connectivity index (χ3v) is 10.1. The summed E-state index contributed by atoms with van der Waals surface area (Å²) in [7, 11) is 0. The summed E-state index contributed by atoms with van der Waals surface area (Å²) in [5.74, 6) is 0. The highest BCUT2D eigenvalue weighted by molar-refractivity contribution is 6.12. The summed E-state index contributed by atoms with van der Waals surface area (Å²) in [5.41, 5.74) is 9.30. The molecule has 0 aliphatic carbocycles. The Morgan fingerprint density at radius 3 is 1.68 bits per heavy atom. The molecule has 0 fully saturated rings. The molecule has 234 valence electrons. The number of anilines is 3. The highest BCUT2D eigenvalue weighted by atomic mass is 15.1. The Bertz CT molecular complexity index is 2820. The normalized spacial score (nSPS) is 11.6. The topological polar surface area (TPSA) is 8.17 Å². The van der Waals surface area contributed by atoms with Crippen molar-refractivity contribution >= 4 is 71.2 Å². The molecule has 0 saturated carbocycles. The third-order valence-electron chi connectivity index (χ3n) is 10.1. The minimum absolute atomic E-state index is 1.10. The Kier molecular flexibility index (Phi) is 6.53. The van der Waals surface area contributed by atoms with E-state index in [1.54, 1.807) is 0 Å². The second-order valence-corrected chi connectivity index (χ2v) is 13.0. The Hall–Kier alpha value is -6.64. The van der Waals surface area contributed by atoms with Crippen LogP contribution < -0.4 is 4.90 Å². The van der Waals surface area contributed by atoms with Crippen molar-refractivity contribution in [2.75, 3.05) is 4.90 Å². The molecule has 1 aromatic heterocycles. The average Bonchev–Trinajstić information content (AvgIpc) is 3.52. The van der Waals surface area contributed by atoms with Crippen LogP contribution in [0.3, 0.4) is 0 Å². The maximum atomic E-state index is 2.39. The largest absolute Gasteiger partial charge is 0.310 e. The van der Waals surface area contributed by atoms with Gasteiger partial charge < -0.3 is 9.47 Å². The first-order valence-corrected chi connectivity index (χ1v) is 17.2. The molecule has 0 radical (unpaired) electrons. The fourth-order valence-electron chi connectivity index (χ4n) is 7.82. The van der Waals surface area contributed by atoms with E-state index < -0.39 is 0 Å². The number of rotatable bonds is 5. The van der Waals surface area contributed by atoms with E-state index in [9.17, 15) is 0 Å². The molecule has 10 aromatic rings. The van der Waals surface area contributed by atoms with Crippen molar-refractivity contribution in [1.29, 1.82) is 0 Å². The van der Waals surface area contributed by atoms with E-state index in [4.69, 9.17) is 0 Å². The lowest BCUT2D eigenvalue weighted by Crippen LogP contribution is -2.10. The molecular formula is C48H32N2. The summed E-state index contributed by atoms with van der Waals surface area (Å²) >= 11 is 0. The second kappa shape index (κ2) is 11.5. The highest BCUT2D eigenvalue weighted by Gasteiger charge is 2.17. The Labute approximate surface area is 290 Å². The van der Waals surface area contributed by atoms with Gasteiger partial charge in [0.2, 0.25) is 0 Å². The van der Waals surface area contributed by atoms with E-state index in [2.05, 4.69) is 204 Å². The molecule has 2 heteroatoms. The van der Waals surface area contributed by atoms with Crippen molar-refractivity contribution in [2.45, 2.75) is 0 Å². The fourth-order valence-corrected chi connectivity index (χ4v) is 7.82. The Balaban J connectivity index is 1.13. The standard InChI is InChI=1S/C48H32N2/c1-2-13-36-31-40(29-23-33(36)11-1)49(38-14-9-15-39(32-38)50-47-21-7-5-17-45(47)46-18-6-8-22-48(46)50)37-27-24-35(25-28-37)42-19-10-20-43-41-16-4-3-12-34(41)26-30-44(42)43/h1-32H. The molecule has 50 heavy (non-hydrogen) atoms. The Morgan fingerprint density at radius 1 is 0.320 bits per heavy atom. The summed E-state index contributed by atoms with van der Waals surface area (Å²) in [4.78, 5) is 2.38. The van der Waals surface area contributed by atoms with Crippen LogP contribution in [0.1, 0.15) is 0 Å². The van der Waals surface area contributed by atoms with Crippen molar-refractivity contribution in [3.05, 3.63) is 194 Å². The van der Waals surface area contributed by atoms with Gasteiger partial charge in [0, 0.05) is 33.5 Å². The molecule has 0 amide bonds. The fraction of sp³-hybridized carbons (Fsp3) is 0. The van der Waals surface area contributed by atoms with E-state index >= 15 is 0 Å². The van der Waals surface area contributed by atoms with Gasteiger partial charge in [-0.2, -0.15) is 0 Å². The first kappa shape index (κ1) is 28.4. The van der Waals surface area contributed by atoms with Gasteiger partial charge in [0.25, 0.3) is 0 Å². The van der Waals surface area contributed by atoms with Gasteiger partial charge in [-0.05, 0) is 98.0 Å². The lowest BCUT2D eigenvalue weighted by molar-refractivity contribution is 1.17. The summed E-state index contributed by atoms with van der Waals surface area (Å²) < 4.78 is 2.39. The monoisotopic (exact) mass is 636 g/mol. The van der Waals surface area contributed by atoms with Crippen LogP contribution in [0, 0.1) is 0 Å². The quantitative estimate of drug-likeness (QED) is 0.171. The maximum absolute atomic E-state index is 2.39. The van der Waals surface area contributed by atoms with Gasteiger partial charge in [0.15, 0.2) is 0 Å². The molecule has 0 N–H and O–H groups in total. The highest BCUT2D eigenvalue weighted by Crippen LogP contribution is 2.40. The number of fused-ring (bicyclic) bond motifs is 7. The van der Waals surface area contributed by atoms with Crippen molar-refractivity contribution in [2.24, 2.45) is 0 Å². The lowest BCUT2D eigenvalue weighted by Gasteiger charge is -2.27. The minimum Gasteiger partial charge on any atom is -0.310 e. The van der Waals surface area contributed by atoms with Gasteiger partial charge in [-0.3, -0.25) is 0 Å². The molecule has 0 bridgehead atoms. The summed E-state index contributed by atoms with van der Waals surface area (Å²) in [5, 5.41) is 10.1. The van der Waals surface area contributed by atoms with Crippen LogP contribution in [0.5, 0.6) is 0 Å². The molecule has 9 aromatic carbocycles. The summed E-state index contributed by atoms with van der Waals surface area (Å²) in [6.07, 6.45) is 0. The molecule has 0 aliphatic rings. The van der Waals surface area contributed by atoms with Crippen LogP contribution in [0.15, 0.2) is 194 Å². The first-order valence-electron chi connectivity index (χ1n) is 17.2. The average molecular weight is 637 g/mol. The second-order valence-electron chi connectivity index (χ2n) is 13.0. The number of nitrogens with zero attached hydrogens (tertiary/aromatic N) is 2. The lowest BCUT2D eigenvalue weighted by atomic mass is 9.94. The zero-order chi connectivity index (χ0) is 33.0. The van der Waals surface area contributed by atoms with E-state index in [0.717, 1.165) is 22.7 Å². The zero-order valence-corrected chi connectivity index (χ0v) is 27.4. The molecule has 0 saturated heterocycles. The van der Waals surface area contributed by atoms with Crippen LogP contribution in [-0.4, -0.2) is 4.57 Å². The van der Waals surface area contributed by atoms with E-state index in [1.807, 2.05) is 0 Å². The number of para-hydroxylation sites is 2. The predicted octanol–water partition coefficient (Wildman–Crippen LogP) is 13.4. The number of hydrogen-bond donors (Lipinski definition) is 0. The van der Waals surface area contributed by atoms with Crippen molar-refractivity contribution in [1.82, 2.24) is 4.57 Å². The number of hydrogen-bond acceptors (Lipinski definition) is 1. The summed E-state index contributed by atoms with van der Waals surface area (Å²) in [6, 6.07) is 70.5. The van der Waals surface area contributed by atoms with Crippen LogP contribution in [0.25, 0.3) is 70.9 Å². The van der Waals surface area contributed by atoms with Gasteiger partial charge in [0.1, 0.15) is 0 Å². The molecule has 0 unspecified atom stereocenters. The van der Waals surface area contributed by atoms with E-state index in [0.29, 0.717) is 0 Å². The van der Waals surface area contributed by atoms with E-state index in [-0.39, 0.29) is 0 Å². The number of benzene rings is 9. The van der Waals surface area contributed by atoms with Crippen LogP contribution in [-0.2, 0) is 0 Å². The molecule has 0 atom stereocenters. The predicted molar refractivity (Wildman–Crippen MR) is 213 cm³/mol. The van der Waals surface area contributed by atoms with Crippen molar-refractivity contribution in [3.8, 4) is 16.8 Å². The molecule has 0 aliphatic heterocycles. The van der Waals surface area contributed by atoms with Gasteiger partial charge in [-0.15, -0.1) is 0 Å². The van der Waals surface area contributed by atoms with Crippen LogP contribution in [0.4, 0.5) is 17.1 Å². The van der Waals surface area contributed by atoms with Crippen LogP contribution >= 0.6 is 0 Å². The third kappa shape index (κ3) is 4.57. The minimum atomic E-state index is 1.10. The maximum Gasteiger partial charge on any atom is 0.0541 e. The van der Waals surface area contributed by atoms with Gasteiger partial charge in [-0.1, -0.05) is 140 Å². The number of aromatic nitrogens is 1. The smallest absolute Gasteiger partial charge is 0.0541 e. The molecular weight excluding hydrogens is 605 g/mol. The van der Waals surface area contributed by atoms with E-state index in [1.165, 1.54) is 65.3 Å². The first-order chi connectivity index (χ1) is 24.8. The molecule has 1 heterocycles. The Morgan fingerprint density at radius 2 is 0.900 bits per heavy atom. The molecule has 0 spiro atoms. The van der Waals surface area contributed by atoms with Gasteiger partial charge in [-0.25, -0.2) is 0 Å². The van der Waals surface area contributed by atoms with Gasteiger partial charge >= 0.3 is 0 Å². The zero-order valence-electron chi connectivity index (χ0n) is 27.4. The van der Waals surface area contributed by atoms with Crippen LogP contribution in [0.2, 0.25) is 0 Å². The van der Waals surface area contributed by atoms with Crippen molar-refractivity contribution < 1.29 is 0 Å². The molecule has 2 nitrogen and oxygen atoms in total. The SMILES string of the molecule is c1cc(N(c2ccc(-c3cccc4c3ccc3ccccc34)cc2)c2ccc3ccccc3c2)cc(-n2c3ccccc3c3ccccc32)c1. The van der Waals surface area contributed by atoms with Crippen molar-refractivity contribution in [3.63, 3.8) is 0 Å².